The molecule has 3 heterocycles. The number of rotatable bonds is 5. The maximum absolute atomic E-state index is 13.1. The summed E-state index contributed by atoms with van der Waals surface area (Å²) in [5.74, 6) is 0. The first-order valence-corrected chi connectivity index (χ1v) is 10.1. The number of hydrogen-bond acceptors (Lipinski definition) is 5. The Labute approximate surface area is 182 Å². The Morgan fingerprint density at radius 3 is 2.52 bits per heavy atom. The van der Waals surface area contributed by atoms with Crippen molar-refractivity contribution in [3.8, 4) is 11.1 Å². The van der Waals surface area contributed by atoms with E-state index in [1.165, 1.54) is 0 Å². The van der Waals surface area contributed by atoms with Gasteiger partial charge in [0.1, 0.15) is 5.52 Å². The Morgan fingerprint density at radius 1 is 1.00 bits per heavy atom. The number of aromatic nitrogens is 5. The summed E-state index contributed by atoms with van der Waals surface area (Å²) in [6.45, 7) is 0.757. The Bertz CT molecular complexity index is 1440. The molecule has 0 aliphatic rings. The van der Waals surface area contributed by atoms with Crippen LogP contribution in [0.1, 0.15) is 11.3 Å². The number of benzene rings is 2. The first kappa shape index (κ1) is 19.4. The van der Waals surface area contributed by atoms with Gasteiger partial charge in [0.25, 0.3) is 5.56 Å². The molecule has 5 aromatic rings. The summed E-state index contributed by atoms with van der Waals surface area (Å²) in [6.07, 6.45) is 1.76. The van der Waals surface area contributed by atoms with E-state index in [4.69, 9.17) is 21.4 Å². The average Bonchev–Trinajstić information content (AvgIpc) is 3.15. The van der Waals surface area contributed by atoms with Crippen molar-refractivity contribution in [1.29, 1.82) is 0 Å². The highest BCUT2D eigenvalue weighted by molar-refractivity contribution is 6.30. The standard InChI is InChI=1S/C23H18ClN5O2/c1-31-14-18-20(16-7-9-17(24)10-8-16)22-26-25-21-19(29(22)27-18)11-12-28(23(21)30)13-15-5-3-2-4-6-15/h2-12H,13-14H2,1H3. The third-order valence-electron chi connectivity index (χ3n) is 5.13. The van der Waals surface area contributed by atoms with E-state index in [-0.39, 0.29) is 11.1 Å². The smallest absolute Gasteiger partial charge is 0.280 e. The number of nitrogens with zero attached hydrogens (tertiary/aromatic N) is 5. The molecule has 154 valence electrons. The van der Waals surface area contributed by atoms with Gasteiger partial charge in [-0.1, -0.05) is 54.1 Å². The van der Waals surface area contributed by atoms with Gasteiger partial charge in [-0.05, 0) is 29.3 Å². The highest BCUT2D eigenvalue weighted by atomic mass is 35.5. The molecule has 0 fully saturated rings. The lowest BCUT2D eigenvalue weighted by Gasteiger charge is -2.07. The van der Waals surface area contributed by atoms with Gasteiger partial charge in [-0.2, -0.15) is 5.10 Å². The summed E-state index contributed by atoms with van der Waals surface area (Å²) >= 11 is 6.05. The topological polar surface area (TPSA) is 74.3 Å². The second-order valence-corrected chi connectivity index (χ2v) is 7.60. The molecule has 5 rings (SSSR count). The van der Waals surface area contributed by atoms with Crippen LogP contribution in [0.15, 0.2) is 71.7 Å². The number of fused-ring (bicyclic) bond motifs is 3. The molecule has 0 N–H and O–H groups in total. The zero-order chi connectivity index (χ0) is 21.4. The molecular formula is C23H18ClN5O2. The molecule has 0 aliphatic carbocycles. The maximum Gasteiger partial charge on any atom is 0.280 e. The van der Waals surface area contributed by atoms with Gasteiger partial charge in [-0.15, -0.1) is 10.2 Å². The van der Waals surface area contributed by atoms with Crippen LogP contribution in [-0.2, 0) is 17.9 Å². The molecule has 3 aromatic heterocycles. The first-order valence-electron chi connectivity index (χ1n) is 9.72. The zero-order valence-corrected chi connectivity index (χ0v) is 17.5. The SMILES string of the molecule is COCc1nn2c(nnc3c(=O)n(Cc4ccccc4)ccc32)c1-c1ccc(Cl)cc1. The molecule has 0 saturated heterocycles. The van der Waals surface area contributed by atoms with Crippen molar-refractivity contribution in [1.82, 2.24) is 24.4 Å². The monoisotopic (exact) mass is 431 g/mol. The fourth-order valence-corrected chi connectivity index (χ4v) is 3.81. The van der Waals surface area contributed by atoms with Crippen molar-refractivity contribution in [2.24, 2.45) is 0 Å². The number of ether oxygens (including phenoxy) is 1. The van der Waals surface area contributed by atoms with E-state index in [1.807, 2.05) is 60.7 Å². The molecule has 0 unspecified atom stereocenters. The minimum absolute atomic E-state index is 0.215. The molecule has 7 nitrogen and oxygen atoms in total. The number of pyridine rings is 1. The molecule has 31 heavy (non-hydrogen) atoms. The van der Waals surface area contributed by atoms with Crippen molar-refractivity contribution < 1.29 is 4.74 Å². The van der Waals surface area contributed by atoms with E-state index in [9.17, 15) is 4.79 Å². The number of halogens is 1. The fraction of sp³-hybridized carbons (Fsp3) is 0.130. The van der Waals surface area contributed by atoms with Gasteiger partial charge in [-0.3, -0.25) is 4.79 Å². The van der Waals surface area contributed by atoms with Gasteiger partial charge in [0.05, 0.1) is 24.4 Å². The average molecular weight is 432 g/mol. The summed E-state index contributed by atoms with van der Waals surface area (Å²) in [5.41, 5.74) is 4.65. The number of hydrogen-bond donors (Lipinski definition) is 0. The van der Waals surface area contributed by atoms with Crippen LogP contribution in [0.5, 0.6) is 0 Å². The van der Waals surface area contributed by atoms with Gasteiger partial charge < -0.3 is 9.30 Å². The van der Waals surface area contributed by atoms with E-state index < -0.39 is 0 Å². The lowest BCUT2D eigenvalue weighted by atomic mass is 10.1. The van der Waals surface area contributed by atoms with E-state index in [0.29, 0.717) is 35.0 Å². The van der Waals surface area contributed by atoms with E-state index in [1.54, 1.807) is 22.4 Å². The van der Waals surface area contributed by atoms with Crippen LogP contribution in [0, 0.1) is 0 Å². The van der Waals surface area contributed by atoms with Crippen molar-refractivity contribution in [3.05, 3.63) is 93.5 Å². The Hall–Kier alpha value is -3.55. The van der Waals surface area contributed by atoms with Crippen LogP contribution in [0.4, 0.5) is 0 Å². The van der Waals surface area contributed by atoms with Crippen LogP contribution in [0.3, 0.4) is 0 Å². The van der Waals surface area contributed by atoms with Crippen LogP contribution in [0.25, 0.3) is 27.8 Å². The van der Waals surface area contributed by atoms with Crippen molar-refractivity contribution in [2.75, 3.05) is 7.11 Å². The quantitative estimate of drug-likeness (QED) is 0.421. The van der Waals surface area contributed by atoms with Crippen molar-refractivity contribution >= 4 is 28.3 Å². The molecule has 8 heteroatoms. The largest absolute Gasteiger partial charge is 0.378 e. The van der Waals surface area contributed by atoms with Crippen LogP contribution >= 0.6 is 11.6 Å². The molecular weight excluding hydrogens is 414 g/mol. The molecule has 0 atom stereocenters. The minimum Gasteiger partial charge on any atom is -0.378 e. The number of methoxy groups -OCH3 is 1. The van der Waals surface area contributed by atoms with Crippen LogP contribution < -0.4 is 5.56 Å². The van der Waals surface area contributed by atoms with Gasteiger partial charge >= 0.3 is 0 Å². The Morgan fingerprint density at radius 2 is 1.77 bits per heavy atom. The normalized spacial score (nSPS) is 11.4. The molecule has 0 radical (unpaired) electrons. The summed E-state index contributed by atoms with van der Waals surface area (Å²) in [5, 5.41) is 14.0. The maximum atomic E-state index is 13.1. The second kappa shape index (κ2) is 7.94. The lowest BCUT2D eigenvalue weighted by molar-refractivity contribution is 0.181. The first-order chi connectivity index (χ1) is 15.2. The lowest BCUT2D eigenvalue weighted by Crippen LogP contribution is -2.22. The highest BCUT2D eigenvalue weighted by Gasteiger charge is 2.19. The Kier molecular flexibility index (Phi) is 4.97. The molecule has 0 amide bonds. The van der Waals surface area contributed by atoms with Gasteiger partial charge in [-0.25, -0.2) is 4.52 Å². The van der Waals surface area contributed by atoms with Crippen LogP contribution in [0.2, 0.25) is 5.02 Å². The van der Waals surface area contributed by atoms with Gasteiger partial charge in [0, 0.05) is 18.3 Å². The molecule has 0 aliphatic heterocycles. The Balaban J connectivity index is 1.70. The third-order valence-corrected chi connectivity index (χ3v) is 5.39. The molecule has 0 spiro atoms. The predicted octanol–water partition coefficient (Wildman–Crippen LogP) is 3.95. The third kappa shape index (κ3) is 3.48. The van der Waals surface area contributed by atoms with E-state index in [0.717, 1.165) is 16.7 Å². The summed E-state index contributed by atoms with van der Waals surface area (Å²) in [6, 6.07) is 19.1. The highest BCUT2D eigenvalue weighted by Crippen LogP contribution is 2.30. The van der Waals surface area contributed by atoms with Gasteiger partial charge in [0.2, 0.25) is 0 Å². The molecule has 0 saturated carbocycles. The zero-order valence-electron chi connectivity index (χ0n) is 16.7. The summed E-state index contributed by atoms with van der Waals surface area (Å²) < 4.78 is 8.63. The van der Waals surface area contributed by atoms with Gasteiger partial charge in [0.15, 0.2) is 11.2 Å². The molecule has 2 aromatic carbocycles. The van der Waals surface area contributed by atoms with Crippen molar-refractivity contribution in [2.45, 2.75) is 13.2 Å². The molecule has 0 bridgehead atoms. The fourth-order valence-electron chi connectivity index (χ4n) is 3.68. The summed E-state index contributed by atoms with van der Waals surface area (Å²) in [7, 11) is 1.61. The predicted molar refractivity (Wildman–Crippen MR) is 119 cm³/mol. The van der Waals surface area contributed by atoms with Crippen molar-refractivity contribution in [3.63, 3.8) is 0 Å². The second-order valence-electron chi connectivity index (χ2n) is 7.17. The minimum atomic E-state index is -0.215. The van der Waals surface area contributed by atoms with Crippen LogP contribution in [-0.4, -0.2) is 31.5 Å². The van der Waals surface area contributed by atoms with E-state index >= 15 is 0 Å². The van der Waals surface area contributed by atoms with E-state index in [2.05, 4.69) is 10.2 Å². The summed E-state index contributed by atoms with van der Waals surface area (Å²) in [4.78, 5) is 13.1.